The number of carbonyl (C=O) groups is 1. The van der Waals surface area contributed by atoms with Crippen molar-refractivity contribution in [1.29, 1.82) is 0 Å². The van der Waals surface area contributed by atoms with E-state index in [2.05, 4.69) is 19.7 Å². The Balaban J connectivity index is 1.75. The van der Waals surface area contributed by atoms with Gasteiger partial charge >= 0.3 is 0 Å². The largest absolute Gasteiger partial charge is 0.480 e. The first kappa shape index (κ1) is 25.3. The Labute approximate surface area is 211 Å². The summed E-state index contributed by atoms with van der Waals surface area (Å²) in [4.78, 5) is 37.2. The zero-order chi connectivity index (χ0) is 26.2. The minimum Gasteiger partial charge on any atom is -0.480 e. The Hall–Kier alpha value is -3.84. The Bertz CT molecular complexity index is 1640. The van der Waals surface area contributed by atoms with Crippen LogP contribution in [0.15, 0.2) is 45.8 Å². The zero-order valence-corrected chi connectivity index (χ0v) is 21.6. The van der Waals surface area contributed by atoms with Crippen molar-refractivity contribution >= 4 is 43.9 Å². The highest BCUT2D eigenvalue weighted by Gasteiger charge is 2.23. The minimum absolute atomic E-state index is 0.0893. The van der Waals surface area contributed by atoms with E-state index in [0.29, 0.717) is 32.7 Å². The summed E-state index contributed by atoms with van der Waals surface area (Å²) in [5, 5.41) is 0.966. The first-order valence-electron chi connectivity index (χ1n) is 10.8. The minimum atomic E-state index is -3.94. The second kappa shape index (κ2) is 9.66. The number of primary amides is 1. The normalized spacial score (nSPS) is 12.4. The molecule has 0 radical (unpaired) electrons. The van der Waals surface area contributed by atoms with Gasteiger partial charge in [0.1, 0.15) is 5.69 Å². The molecule has 1 atom stereocenters. The molecule has 36 heavy (non-hydrogen) atoms. The van der Waals surface area contributed by atoms with Gasteiger partial charge in [0.05, 0.1) is 41.0 Å². The van der Waals surface area contributed by atoms with Crippen molar-refractivity contribution in [3.05, 3.63) is 57.8 Å². The Kier molecular flexibility index (Phi) is 6.78. The van der Waals surface area contributed by atoms with Gasteiger partial charge in [-0.2, -0.15) is 0 Å². The maximum absolute atomic E-state index is 13.1. The number of thiazole rings is 1. The van der Waals surface area contributed by atoms with E-state index in [9.17, 15) is 18.0 Å². The Morgan fingerprint density at radius 3 is 2.61 bits per heavy atom. The predicted octanol–water partition coefficient (Wildman–Crippen LogP) is 2.46. The fourth-order valence-corrected chi connectivity index (χ4v) is 6.19. The smallest absolute Gasteiger partial charge is 0.273 e. The van der Waals surface area contributed by atoms with Crippen LogP contribution >= 0.6 is 11.3 Å². The Morgan fingerprint density at radius 1 is 1.22 bits per heavy atom. The molecule has 0 spiro atoms. The number of pyridine rings is 1. The topological polar surface area (TPSA) is 159 Å². The van der Waals surface area contributed by atoms with Crippen LogP contribution in [0, 0.1) is 19.8 Å². The van der Waals surface area contributed by atoms with Crippen molar-refractivity contribution < 1.29 is 17.9 Å². The van der Waals surface area contributed by atoms with Gasteiger partial charge < -0.3 is 10.5 Å². The number of ether oxygens (including phenoxy) is 1. The fraction of sp³-hybridized carbons (Fsp3) is 0.261. The van der Waals surface area contributed by atoms with Crippen LogP contribution in [0.3, 0.4) is 0 Å². The summed E-state index contributed by atoms with van der Waals surface area (Å²) in [6.07, 6.45) is 2.90. The molecule has 4 rings (SSSR count). The molecule has 1 aromatic carbocycles. The SMILES string of the molecule is COc1ncc(-c2ccc3ncn(CC(C)C(N)=O)c(=O)c3c2)cc1NS(=O)(=O)c1sc(C)nc1C. The molecule has 13 heteroatoms. The summed E-state index contributed by atoms with van der Waals surface area (Å²) in [5.41, 5.74) is 7.18. The molecule has 3 aromatic heterocycles. The number of hydrogen-bond acceptors (Lipinski definition) is 9. The van der Waals surface area contributed by atoms with E-state index >= 15 is 0 Å². The summed E-state index contributed by atoms with van der Waals surface area (Å²) in [6.45, 7) is 5.10. The van der Waals surface area contributed by atoms with Gasteiger partial charge in [-0.05, 0) is 37.6 Å². The molecular weight excluding hydrogens is 504 g/mol. The molecule has 4 aromatic rings. The number of benzene rings is 1. The number of methoxy groups -OCH3 is 1. The monoisotopic (exact) mass is 528 g/mol. The summed E-state index contributed by atoms with van der Waals surface area (Å²) in [7, 11) is -2.55. The van der Waals surface area contributed by atoms with Crippen LogP contribution in [0.1, 0.15) is 17.6 Å². The van der Waals surface area contributed by atoms with Gasteiger partial charge in [-0.1, -0.05) is 13.0 Å². The highest BCUT2D eigenvalue weighted by atomic mass is 32.2. The van der Waals surface area contributed by atoms with Crippen LogP contribution in [0.5, 0.6) is 5.88 Å². The van der Waals surface area contributed by atoms with Gasteiger partial charge in [-0.15, -0.1) is 11.3 Å². The number of nitrogens with two attached hydrogens (primary N) is 1. The second-order valence-corrected chi connectivity index (χ2v) is 11.3. The van der Waals surface area contributed by atoms with E-state index in [0.717, 1.165) is 11.3 Å². The van der Waals surface area contributed by atoms with Crippen LogP contribution in [-0.2, 0) is 21.4 Å². The van der Waals surface area contributed by atoms with Gasteiger partial charge in [-0.3, -0.25) is 18.9 Å². The molecule has 11 nitrogen and oxygen atoms in total. The maximum atomic E-state index is 13.1. The van der Waals surface area contributed by atoms with Crippen molar-refractivity contribution in [2.24, 2.45) is 11.7 Å². The average molecular weight is 529 g/mol. The zero-order valence-electron chi connectivity index (χ0n) is 20.0. The lowest BCUT2D eigenvalue weighted by Gasteiger charge is -2.13. The van der Waals surface area contributed by atoms with Crippen molar-refractivity contribution in [3.8, 4) is 17.0 Å². The van der Waals surface area contributed by atoms with Gasteiger partial charge in [0.25, 0.3) is 15.6 Å². The number of aryl methyl sites for hydroxylation is 2. The van der Waals surface area contributed by atoms with Crippen LogP contribution < -0.4 is 20.8 Å². The van der Waals surface area contributed by atoms with Crippen molar-refractivity contribution in [2.45, 2.75) is 31.5 Å². The van der Waals surface area contributed by atoms with E-state index in [1.165, 1.54) is 24.2 Å². The number of hydrogen-bond donors (Lipinski definition) is 2. The predicted molar refractivity (Wildman–Crippen MR) is 137 cm³/mol. The van der Waals surface area contributed by atoms with Crippen molar-refractivity contribution in [2.75, 3.05) is 11.8 Å². The molecule has 1 amide bonds. The summed E-state index contributed by atoms with van der Waals surface area (Å²) in [6, 6.07) is 6.67. The molecule has 3 heterocycles. The molecule has 0 aliphatic rings. The number of sulfonamides is 1. The summed E-state index contributed by atoms with van der Waals surface area (Å²) >= 11 is 1.07. The standard InChI is InChI=1S/C23H24N6O5S2/c1-12(20(24)30)10-29-11-26-18-6-5-15(7-17(18)22(29)31)16-8-19(21(34-4)25-9-16)28-36(32,33)23-13(2)27-14(3)35-23/h5-9,11-12,28H,10H2,1-4H3,(H2,24,30). The lowest BCUT2D eigenvalue weighted by Crippen LogP contribution is -2.30. The molecule has 0 aliphatic heterocycles. The molecular formula is C23H24N6O5S2. The van der Waals surface area contributed by atoms with E-state index in [1.807, 2.05) is 0 Å². The van der Waals surface area contributed by atoms with Crippen LogP contribution in [0.2, 0.25) is 0 Å². The Morgan fingerprint density at radius 2 is 1.97 bits per heavy atom. The molecule has 0 bridgehead atoms. The number of fused-ring (bicyclic) bond motifs is 1. The van der Waals surface area contributed by atoms with E-state index in [-0.39, 0.29) is 27.9 Å². The third-order valence-corrected chi connectivity index (χ3v) is 8.56. The summed E-state index contributed by atoms with van der Waals surface area (Å²) < 4.78 is 35.3. The number of nitrogens with one attached hydrogen (secondary N) is 1. The van der Waals surface area contributed by atoms with Crippen LogP contribution in [-0.4, -0.2) is 41.0 Å². The number of nitrogens with zero attached hydrogens (tertiary/aromatic N) is 4. The average Bonchev–Trinajstić information content (AvgIpc) is 3.19. The number of aromatic nitrogens is 4. The van der Waals surface area contributed by atoms with E-state index in [4.69, 9.17) is 10.5 Å². The van der Waals surface area contributed by atoms with Crippen molar-refractivity contribution in [1.82, 2.24) is 19.5 Å². The molecule has 0 saturated heterocycles. The lowest BCUT2D eigenvalue weighted by atomic mass is 10.0. The lowest BCUT2D eigenvalue weighted by molar-refractivity contribution is -0.121. The molecule has 3 N–H and O–H groups in total. The maximum Gasteiger partial charge on any atom is 0.273 e. The van der Waals surface area contributed by atoms with E-state index < -0.39 is 21.8 Å². The van der Waals surface area contributed by atoms with Gasteiger partial charge in [-0.25, -0.2) is 23.4 Å². The van der Waals surface area contributed by atoms with Crippen LogP contribution in [0.4, 0.5) is 5.69 Å². The van der Waals surface area contributed by atoms with Gasteiger partial charge in [0.2, 0.25) is 11.8 Å². The highest BCUT2D eigenvalue weighted by molar-refractivity contribution is 7.94. The fourth-order valence-electron chi connectivity index (χ4n) is 3.65. The summed E-state index contributed by atoms with van der Waals surface area (Å²) in [5.74, 6) is -0.970. The molecule has 0 fully saturated rings. The van der Waals surface area contributed by atoms with Crippen LogP contribution in [0.25, 0.3) is 22.0 Å². The van der Waals surface area contributed by atoms with Gasteiger partial charge in [0.15, 0.2) is 4.21 Å². The molecule has 188 valence electrons. The first-order valence-corrected chi connectivity index (χ1v) is 13.1. The third kappa shape index (κ3) is 4.93. The van der Waals surface area contributed by atoms with E-state index in [1.54, 1.807) is 45.0 Å². The molecule has 1 unspecified atom stereocenters. The second-order valence-electron chi connectivity index (χ2n) is 8.23. The van der Waals surface area contributed by atoms with Crippen molar-refractivity contribution in [3.63, 3.8) is 0 Å². The number of carbonyl (C=O) groups excluding carboxylic acids is 1. The number of rotatable bonds is 8. The first-order chi connectivity index (χ1) is 17.0. The number of anilines is 1. The number of amides is 1. The molecule has 0 saturated carbocycles. The van der Waals surface area contributed by atoms with Gasteiger partial charge in [0, 0.05) is 18.3 Å². The quantitative estimate of drug-likeness (QED) is 0.353. The highest BCUT2D eigenvalue weighted by Crippen LogP contribution is 2.32. The molecule has 0 aliphatic carbocycles. The third-order valence-electron chi connectivity index (χ3n) is 5.51.